The molecule has 3 aliphatic heterocycles. The molecule has 3 aliphatic rings. The molecule has 35 heavy (non-hydrogen) atoms. The van der Waals surface area contributed by atoms with E-state index in [9.17, 15) is 9.59 Å². The van der Waals surface area contributed by atoms with E-state index in [1.165, 1.54) is 7.11 Å². The van der Waals surface area contributed by atoms with Crippen molar-refractivity contribution in [2.75, 3.05) is 34.3 Å². The van der Waals surface area contributed by atoms with E-state index in [1.54, 1.807) is 0 Å². The second-order valence-corrected chi connectivity index (χ2v) is 9.30. The van der Waals surface area contributed by atoms with Crippen LogP contribution in [0, 0.1) is 0 Å². The molecule has 0 spiro atoms. The largest absolute Gasteiger partial charge is 0.487 e. The Morgan fingerprint density at radius 3 is 2.43 bits per heavy atom. The van der Waals surface area contributed by atoms with Crippen molar-refractivity contribution in [3.63, 3.8) is 0 Å². The molecule has 2 aromatic carbocycles. The summed E-state index contributed by atoms with van der Waals surface area (Å²) in [5.41, 5.74) is 0.231. The Kier molecular flexibility index (Phi) is 6.35. The third-order valence-electron chi connectivity index (χ3n) is 6.76. The zero-order valence-corrected chi connectivity index (χ0v) is 20.1. The molecule has 8 nitrogen and oxygen atoms in total. The van der Waals surface area contributed by atoms with Gasteiger partial charge in [0, 0.05) is 19.5 Å². The van der Waals surface area contributed by atoms with Gasteiger partial charge < -0.3 is 29.2 Å². The zero-order chi connectivity index (χ0) is 24.6. The van der Waals surface area contributed by atoms with Gasteiger partial charge in [-0.05, 0) is 31.8 Å². The van der Waals surface area contributed by atoms with Crippen molar-refractivity contribution in [2.24, 2.45) is 0 Å². The Hall–Kier alpha value is -3.20. The zero-order valence-electron chi connectivity index (χ0n) is 20.1. The summed E-state index contributed by atoms with van der Waals surface area (Å²) in [4.78, 5) is 28.5. The van der Waals surface area contributed by atoms with Gasteiger partial charge in [0.2, 0.25) is 0 Å². The van der Waals surface area contributed by atoms with Crippen LogP contribution in [0.3, 0.4) is 0 Å². The molecule has 1 N–H and O–H groups in total. The van der Waals surface area contributed by atoms with Gasteiger partial charge in [-0.1, -0.05) is 48.5 Å². The Balaban J connectivity index is 1.56. The number of carbonyl (C=O) groups excluding carboxylic acids is 2. The fraction of sp³-hybridized carbons (Fsp3) is 0.407. The van der Waals surface area contributed by atoms with Crippen molar-refractivity contribution in [2.45, 2.75) is 36.4 Å². The molecule has 2 bridgehead atoms. The van der Waals surface area contributed by atoms with Crippen LogP contribution in [0.2, 0.25) is 0 Å². The summed E-state index contributed by atoms with van der Waals surface area (Å²) in [6.45, 7) is 1.10. The molecular weight excluding hydrogens is 448 g/mol. The average molecular weight is 479 g/mol. The van der Waals surface area contributed by atoms with Crippen LogP contribution < -0.4 is 10.1 Å². The number of hydrogen-bond acceptors (Lipinski definition) is 7. The maximum Gasteiger partial charge on any atom is 0.337 e. The van der Waals surface area contributed by atoms with Gasteiger partial charge in [0.25, 0.3) is 5.91 Å². The number of nitrogens with one attached hydrogen (secondary N) is 1. The van der Waals surface area contributed by atoms with Gasteiger partial charge in [-0.3, -0.25) is 4.79 Å². The number of methoxy groups -OCH3 is 1. The van der Waals surface area contributed by atoms with Gasteiger partial charge in [0.1, 0.15) is 30.2 Å². The van der Waals surface area contributed by atoms with Crippen LogP contribution in [-0.2, 0) is 30.2 Å². The average Bonchev–Trinajstić information content (AvgIpc) is 3.52. The van der Waals surface area contributed by atoms with Crippen molar-refractivity contribution in [3.8, 4) is 5.75 Å². The van der Waals surface area contributed by atoms with Crippen LogP contribution >= 0.6 is 0 Å². The van der Waals surface area contributed by atoms with E-state index in [1.807, 2.05) is 79.7 Å². The molecule has 0 aliphatic carbocycles. The number of fused-ring (bicyclic) bond motifs is 5. The Labute approximate surface area is 204 Å². The van der Waals surface area contributed by atoms with Crippen LogP contribution in [0.25, 0.3) is 0 Å². The van der Waals surface area contributed by atoms with Crippen molar-refractivity contribution in [1.82, 2.24) is 10.2 Å². The van der Waals surface area contributed by atoms with E-state index in [0.29, 0.717) is 25.3 Å². The van der Waals surface area contributed by atoms with E-state index < -0.39 is 29.9 Å². The standard InChI is InChI=1S/C27H30N2O6/c1-29(2)15-14-28-25(30)20-21(26(31)32-3)27(24-23(34-24)22(20)35-27)19(16-17-10-6-4-7-11-17)33-18-12-8-5-9-13-18/h4-13,19,22-24H,14-16H2,1-3H3,(H,28,30). The molecule has 0 saturated carbocycles. The number of ether oxygens (including phenoxy) is 4. The summed E-state index contributed by atoms with van der Waals surface area (Å²) < 4.78 is 24.2. The number of epoxide rings is 1. The number of nitrogens with zero attached hydrogens (tertiary/aromatic N) is 1. The number of para-hydroxylation sites is 1. The van der Waals surface area contributed by atoms with Crippen LogP contribution in [0.4, 0.5) is 0 Å². The van der Waals surface area contributed by atoms with Crippen molar-refractivity contribution >= 4 is 11.9 Å². The van der Waals surface area contributed by atoms with Crippen molar-refractivity contribution in [1.29, 1.82) is 0 Å². The highest BCUT2D eigenvalue weighted by Gasteiger charge is 2.78. The lowest BCUT2D eigenvalue weighted by Crippen LogP contribution is -2.54. The first kappa shape index (κ1) is 23.5. The molecule has 184 valence electrons. The van der Waals surface area contributed by atoms with E-state index >= 15 is 0 Å². The summed E-state index contributed by atoms with van der Waals surface area (Å²) in [6, 6.07) is 19.3. The molecule has 3 heterocycles. The number of amides is 1. The summed E-state index contributed by atoms with van der Waals surface area (Å²) in [5.74, 6) is -0.305. The fourth-order valence-electron chi connectivity index (χ4n) is 5.12. The molecule has 1 amide bonds. The number of likely N-dealkylation sites (N-methyl/N-ethyl adjacent to an activating group) is 1. The van der Waals surface area contributed by atoms with Crippen LogP contribution in [0.15, 0.2) is 71.8 Å². The molecular formula is C27H30N2O6. The molecule has 2 saturated heterocycles. The minimum absolute atomic E-state index is 0.197. The SMILES string of the molecule is COC(=O)C1=C(C(=O)NCCN(C)C)C2OC1(C(Cc1ccccc1)Oc1ccccc1)C1OC21. The topological polar surface area (TPSA) is 89.6 Å². The van der Waals surface area contributed by atoms with Crippen molar-refractivity contribution in [3.05, 3.63) is 77.4 Å². The first-order valence-corrected chi connectivity index (χ1v) is 11.8. The second kappa shape index (κ2) is 9.45. The second-order valence-electron chi connectivity index (χ2n) is 9.30. The lowest BCUT2D eigenvalue weighted by Gasteiger charge is -2.36. The van der Waals surface area contributed by atoms with Gasteiger partial charge in [-0.25, -0.2) is 4.79 Å². The van der Waals surface area contributed by atoms with Gasteiger partial charge >= 0.3 is 5.97 Å². The quantitative estimate of drug-likeness (QED) is 0.411. The van der Waals surface area contributed by atoms with Crippen LogP contribution in [0.1, 0.15) is 5.56 Å². The first-order valence-electron chi connectivity index (χ1n) is 11.8. The summed E-state index contributed by atoms with van der Waals surface area (Å²) in [5, 5.41) is 2.92. The molecule has 8 heteroatoms. The first-order chi connectivity index (χ1) is 17.0. The molecule has 0 radical (unpaired) electrons. The lowest BCUT2D eigenvalue weighted by atomic mass is 9.76. The van der Waals surface area contributed by atoms with Crippen molar-refractivity contribution < 1.29 is 28.5 Å². The number of rotatable bonds is 10. The number of esters is 1. The maximum absolute atomic E-state index is 13.3. The van der Waals surface area contributed by atoms with E-state index in [4.69, 9.17) is 18.9 Å². The number of hydrogen-bond donors (Lipinski definition) is 1. The summed E-state index contributed by atoms with van der Waals surface area (Å²) >= 11 is 0. The van der Waals surface area contributed by atoms with Gasteiger partial charge in [0.15, 0.2) is 5.60 Å². The normalized spacial score (nSPS) is 26.9. The lowest BCUT2D eigenvalue weighted by molar-refractivity contribution is -0.144. The molecule has 0 aromatic heterocycles. The third-order valence-corrected chi connectivity index (χ3v) is 6.76. The van der Waals surface area contributed by atoms with Gasteiger partial charge in [-0.15, -0.1) is 0 Å². The highest BCUT2D eigenvalue weighted by atomic mass is 16.7. The van der Waals surface area contributed by atoms with E-state index in [-0.39, 0.29) is 23.2 Å². The van der Waals surface area contributed by atoms with Crippen LogP contribution in [0.5, 0.6) is 5.75 Å². The Morgan fingerprint density at radius 1 is 1.09 bits per heavy atom. The minimum Gasteiger partial charge on any atom is -0.487 e. The predicted octanol–water partition coefficient (Wildman–Crippen LogP) is 1.74. The van der Waals surface area contributed by atoms with Gasteiger partial charge in [0.05, 0.1) is 18.3 Å². The predicted molar refractivity (Wildman–Crippen MR) is 128 cm³/mol. The molecule has 5 unspecified atom stereocenters. The Morgan fingerprint density at radius 2 is 1.77 bits per heavy atom. The summed E-state index contributed by atoms with van der Waals surface area (Å²) in [6.07, 6.45) is -1.52. The highest BCUT2D eigenvalue weighted by molar-refractivity contribution is 6.07. The van der Waals surface area contributed by atoms with Crippen LogP contribution in [-0.4, -0.2) is 81.1 Å². The smallest absolute Gasteiger partial charge is 0.337 e. The molecule has 5 rings (SSSR count). The number of benzene rings is 2. The number of carbonyl (C=O) groups is 2. The monoisotopic (exact) mass is 478 g/mol. The Bertz CT molecular complexity index is 1080. The molecule has 2 aromatic rings. The highest BCUT2D eigenvalue weighted by Crippen LogP contribution is 2.60. The summed E-state index contributed by atoms with van der Waals surface area (Å²) in [7, 11) is 5.17. The fourth-order valence-corrected chi connectivity index (χ4v) is 5.12. The molecule has 2 fully saturated rings. The third kappa shape index (κ3) is 4.22. The van der Waals surface area contributed by atoms with E-state index in [2.05, 4.69) is 5.32 Å². The van der Waals surface area contributed by atoms with Gasteiger partial charge in [-0.2, -0.15) is 0 Å². The molecule has 5 atom stereocenters. The minimum atomic E-state index is -1.26. The maximum atomic E-state index is 13.3. The van der Waals surface area contributed by atoms with E-state index in [0.717, 1.165) is 5.56 Å².